The summed E-state index contributed by atoms with van der Waals surface area (Å²) in [6.45, 7) is 6.88. The molecule has 0 unspecified atom stereocenters. The minimum Gasteiger partial charge on any atom is -0.337 e. The van der Waals surface area contributed by atoms with Gasteiger partial charge in [-0.05, 0) is 43.2 Å². The lowest BCUT2D eigenvalue weighted by atomic mass is 10.0. The molecule has 7 heteroatoms. The monoisotopic (exact) mass is 376 g/mol. The van der Waals surface area contributed by atoms with Crippen molar-refractivity contribution >= 4 is 11.9 Å². The van der Waals surface area contributed by atoms with E-state index in [1.807, 2.05) is 18.0 Å². The van der Waals surface area contributed by atoms with E-state index in [-0.39, 0.29) is 5.91 Å². The highest BCUT2D eigenvalue weighted by molar-refractivity contribution is 5.93. The highest BCUT2D eigenvalue weighted by Gasteiger charge is 2.25. The molecule has 0 bridgehead atoms. The van der Waals surface area contributed by atoms with Crippen molar-refractivity contribution in [1.82, 2.24) is 24.6 Å². The van der Waals surface area contributed by atoms with Gasteiger partial charge in [-0.2, -0.15) is 5.10 Å². The van der Waals surface area contributed by atoms with Crippen LogP contribution in [0.1, 0.15) is 21.6 Å². The van der Waals surface area contributed by atoms with Gasteiger partial charge in [-0.3, -0.25) is 9.48 Å². The first-order valence-electron chi connectivity index (χ1n) is 9.46. The molecule has 1 saturated heterocycles. The lowest BCUT2D eigenvalue weighted by molar-refractivity contribution is 0.0739. The maximum absolute atomic E-state index is 13.0. The lowest BCUT2D eigenvalue weighted by Gasteiger charge is -2.34. The average molecular weight is 376 g/mol. The topological polar surface area (TPSA) is 67.2 Å². The molecule has 3 aromatic rings. The Kier molecular flexibility index (Phi) is 4.81. The molecule has 0 aliphatic carbocycles. The van der Waals surface area contributed by atoms with Gasteiger partial charge in [-0.1, -0.05) is 12.1 Å². The summed E-state index contributed by atoms with van der Waals surface area (Å²) in [5.74, 6) is 0.684. The summed E-state index contributed by atoms with van der Waals surface area (Å²) in [4.78, 5) is 25.5. The normalized spacial score (nSPS) is 14.4. The largest absolute Gasteiger partial charge is 0.337 e. The molecule has 28 heavy (non-hydrogen) atoms. The van der Waals surface area contributed by atoms with Crippen molar-refractivity contribution in [3.63, 3.8) is 0 Å². The number of hydrogen-bond donors (Lipinski definition) is 0. The van der Waals surface area contributed by atoms with Gasteiger partial charge >= 0.3 is 0 Å². The summed E-state index contributed by atoms with van der Waals surface area (Å²) >= 11 is 0. The van der Waals surface area contributed by atoms with Gasteiger partial charge in [0.25, 0.3) is 5.91 Å². The van der Waals surface area contributed by atoms with Crippen LogP contribution in [0.3, 0.4) is 0 Å². The Morgan fingerprint density at radius 2 is 1.68 bits per heavy atom. The first-order valence-corrected chi connectivity index (χ1v) is 9.46. The SMILES string of the molecule is Cc1ccc(-c2cc(C(=O)N3CCN(c4ncccn4)CC3)nn2C)cc1C. The summed E-state index contributed by atoms with van der Waals surface area (Å²) in [7, 11) is 1.88. The molecule has 3 heterocycles. The van der Waals surface area contributed by atoms with Gasteiger partial charge in [0, 0.05) is 51.2 Å². The Morgan fingerprint density at radius 3 is 2.36 bits per heavy atom. The Labute approximate surface area is 164 Å². The van der Waals surface area contributed by atoms with Crippen LogP contribution in [0.25, 0.3) is 11.3 Å². The first-order chi connectivity index (χ1) is 13.5. The minimum atomic E-state index is -0.0284. The number of amides is 1. The standard InChI is InChI=1S/C21H24N6O/c1-15-5-6-17(13-16(15)2)19-14-18(24-25(19)3)20(28)26-9-11-27(12-10-26)21-22-7-4-8-23-21/h4-8,13-14H,9-12H2,1-3H3. The van der Waals surface area contributed by atoms with Crippen molar-refractivity contribution in [3.05, 3.63) is 59.5 Å². The second-order valence-electron chi connectivity index (χ2n) is 7.17. The van der Waals surface area contributed by atoms with Crippen LogP contribution in [0.2, 0.25) is 0 Å². The van der Waals surface area contributed by atoms with Gasteiger partial charge in [0.1, 0.15) is 0 Å². The van der Waals surface area contributed by atoms with Crippen LogP contribution >= 0.6 is 0 Å². The van der Waals surface area contributed by atoms with Crippen LogP contribution in [-0.2, 0) is 7.05 Å². The molecule has 0 N–H and O–H groups in total. The van der Waals surface area contributed by atoms with Crippen molar-refractivity contribution in [2.75, 3.05) is 31.1 Å². The van der Waals surface area contributed by atoms with E-state index in [1.54, 1.807) is 23.1 Å². The van der Waals surface area contributed by atoms with Crippen LogP contribution in [-0.4, -0.2) is 56.7 Å². The third-order valence-electron chi connectivity index (χ3n) is 5.30. The Hall–Kier alpha value is -3.22. The van der Waals surface area contributed by atoms with E-state index in [0.29, 0.717) is 37.8 Å². The average Bonchev–Trinajstić information content (AvgIpc) is 3.12. The van der Waals surface area contributed by atoms with E-state index in [2.05, 4.69) is 52.0 Å². The number of rotatable bonds is 3. The van der Waals surface area contributed by atoms with E-state index < -0.39 is 0 Å². The predicted octanol–water partition coefficient (Wildman–Crippen LogP) is 2.46. The molecule has 0 atom stereocenters. The number of aryl methyl sites for hydroxylation is 3. The van der Waals surface area contributed by atoms with Gasteiger partial charge < -0.3 is 9.80 Å². The molecular weight excluding hydrogens is 352 g/mol. The third kappa shape index (κ3) is 3.47. The van der Waals surface area contributed by atoms with Crippen LogP contribution < -0.4 is 4.90 Å². The minimum absolute atomic E-state index is 0.0284. The second-order valence-corrected chi connectivity index (χ2v) is 7.17. The van der Waals surface area contributed by atoms with E-state index in [0.717, 1.165) is 11.3 Å². The molecule has 7 nitrogen and oxygen atoms in total. The van der Waals surface area contributed by atoms with E-state index in [1.165, 1.54) is 11.1 Å². The van der Waals surface area contributed by atoms with Crippen molar-refractivity contribution < 1.29 is 4.79 Å². The van der Waals surface area contributed by atoms with Gasteiger partial charge in [0.05, 0.1) is 5.69 Å². The van der Waals surface area contributed by atoms with Crippen molar-refractivity contribution in [3.8, 4) is 11.3 Å². The molecule has 4 rings (SSSR count). The molecule has 1 aliphatic heterocycles. The number of anilines is 1. The van der Waals surface area contributed by atoms with E-state index in [9.17, 15) is 4.79 Å². The zero-order chi connectivity index (χ0) is 19.7. The molecule has 1 fully saturated rings. The number of aromatic nitrogens is 4. The van der Waals surface area contributed by atoms with Crippen LogP contribution in [0.5, 0.6) is 0 Å². The Bertz CT molecular complexity index is 989. The lowest BCUT2D eigenvalue weighted by Crippen LogP contribution is -2.49. The van der Waals surface area contributed by atoms with Gasteiger partial charge in [0.2, 0.25) is 5.95 Å². The molecule has 0 radical (unpaired) electrons. The van der Waals surface area contributed by atoms with Crippen molar-refractivity contribution in [2.24, 2.45) is 7.05 Å². The predicted molar refractivity (Wildman–Crippen MR) is 108 cm³/mol. The number of piperazine rings is 1. The Morgan fingerprint density at radius 1 is 0.964 bits per heavy atom. The van der Waals surface area contributed by atoms with E-state index >= 15 is 0 Å². The van der Waals surface area contributed by atoms with E-state index in [4.69, 9.17) is 0 Å². The van der Waals surface area contributed by atoms with Gasteiger partial charge in [0.15, 0.2) is 5.69 Å². The number of benzene rings is 1. The maximum Gasteiger partial charge on any atom is 0.274 e. The summed E-state index contributed by atoms with van der Waals surface area (Å²) < 4.78 is 1.78. The number of nitrogens with zero attached hydrogens (tertiary/aromatic N) is 6. The number of hydrogen-bond acceptors (Lipinski definition) is 5. The molecule has 2 aromatic heterocycles. The smallest absolute Gasteiger partial charge is 0.274 e. The zero-order valence-electron chi connectivity index (χ0n) is 16.5. The second kappa shape index (κ2) is 7.42. The fraction of sp³-hybridized carbons (Fsp3) is 0.333. The molecule has 0 spiro atoms. The molecule has 1 amide bonds. The summed E-state index contributed by atoms with van der Waals surface area (Å²) in [5, 5.41) is 4.48. The quantitative estimate of drug-likeness (QED) is 0.702. The first kappa shape index (κ1) is 18.2. The molecule has 1 aromatic carbocycles. The summed E-state index contributed by atoms with van der Waals surface area (Å²) in [5.41, 5.74) is 4.99. The number of carbonyl (C=O) groups excluding carboxylic acids is 1. The third-order valence-corrected chi connectivity index (χ3v) is 5.30. The fourth-order valence-corrected chi connectivity index (χ4v) is 3.47. The van der Waals surface area contributed by atoms with Crippen LogP contribution in [0.15, 0.2) is 42.7 Å². The fourth-order valence-electron chi connectivity index (χ4n) is 3.47. The van der Waals surface area contributed by atoms with Crippen LogP contribution in [0, 0.1) is 13.8 Å². The molecule has 1 aliphatic rings. The highest BCUT2D eigenvalue weighted by Crippen LogP contribution is 2.23. The molecule has 144 valence electrons. The van der Waals surface area contributed by atoms with Crippen LogP contribution in [0.4, 0.5) is 5.95 Å². The number of carbonyl (C=O) groups is 1. The molecular formula is C21H24N6O. The Balaban J connectivity index is 1.48. The van der Waals surface area contributed by atoms with Crippen molar-refractivity contribution in [2.45, 2.75) is 13.8 Å². The summed E-state index contributed by atoms with van der Waals surface area (Å²) in [6.07, 6.45) is 3.48. The summed E-state index contributed by atoms with van der Waals surface area (Å²) in [6, 6.07) is 10.0. The van der Waals surface area contributed by atoms with Gasteiger partial charge in [-0.15, -0.1) is 0 Å². The zero-order valence-corrected chi connectivity index (χ0v) is 16.5. The maximum atomic E-state index is 13.0. The molecule has 0 saturated carbocycles. The van der Waals surface area contributed by atoms with Gasteiger partial charge in [-0.25, -0.2) is 9.97 Å². The highest BCUT2D eigenvalue weighted by atomic mass is 16.2. The van der Waals surface area contributed by atoms with Crippen molar-refractivity contribution in [1.29, 1.82) is 0 Å².